The van der Waals surface area contributed by atoms with E-state index in [2.05, 4.69) is 0 Å². The molecule has 104 heavy (non-hydrogen) atoms. The summed E-state index contributed by atoms with van der Waals surface area (Å²) >= 11 is 0. The van der Waals surface area contributed by atoms with Gasteiger partial charge in [0.15, 0.2) is 16.6 Å². The van der Waals surface area contributed by atoms with E-state index in [4.69, 9.17) is 12.3 Å². The zero-order chi connectivity index (χ0) is 82.4. The Hall–Kier alpha value is 1.91. The smallest absolute Gasteiger partial charge is 0.381 e. The fraction of sp³-hybridized carbons (Fsp3) is 1.00. The molecule has 1 unspecified atom stereocenters. The Morgan fingerprint density at radius 1 is 0.202 bits per heavy atom. The van der Waals surface area contributed by atoms with Gasteiger partial charge in [0, 0.05) is 0 Å². The van der Waals surface area contributed by atoms with E-state index in [9.17, 15) is 192 Å². The highest BCUT2D eigenvalue weighted by molar-refractivity contribution is 7.86. The minimum atomic E-state index is -4.77. The second kappa shape index (κ2) is 46.0. The van der Waals surface area contributed by atoms with Crippen LogP contribution in [0.3, 0.4) is 0 Å². The van der Waals surface area contributed by atoms with Crippen LogP contribution >= 0.6 is 0 Å². The van der Waals surface area contributed by atoms with Crippen molar-refractivity contribution in [2.45, 2.75) is 58.9 Å². The lowest BCUT2D eigenvalue weighted by Crippen LogP contribution is -2.59. The lowest BCUT2D eigenvalue weighted by atomic mass is 11.8. The zero-order valence-corrected chi connectivity index (χ0v) is 102. The van der Waals surface area contributed by atoms with Crippen LogP contribution in [0.2, 0.25) is 58.9 Å². The molecule has 1 atom stereocenters. The van der Waals surface area contributed by atoms with E-state index in [1.807, 2.05) is 0 Å². The monoisotopic (exact) mass is 2240 g/mol. The summed E-state index contributed by atoms with van der Waals surface area (Å²) in [7, 11) is -207. The first-order chi connectivity index (χ1) is 47.0. The van der Waals surface area contributed by atoms with Gasteiger partial charge in [-0.05, 0) is 58.9 Å². The number of hydrogen-bond acceptors (Lipinski definition) is 46. The Bertz CT molecular complexity index is 4570. The SMILES string of the molecule is C[SiH](O[Si][Si](=O)[Si](=O)[Si](=O)[Si](=O)[Si](=O)[Si](=O)[Si](=O)[Si](=O)[Si](=O)[Si](=O)[Si](=O)[Si](=O)[Si](=O)[Si](=O)[Si](=O)[Si](=O)[Si](=O)[Si](=O)[Si](=O)[Si](=O)[Si](=O)[Si](=O)[Si](=O)[Si](C)(C)O[Si](C)(C)C)[Si](=O)[Si](=O)[Si](=O)[Si](=O)[Si](=O)[Si](=O)[Si](=O)[Si](=O)[Si](=O)[Si](=O)[Si](=O)[Si](=O)[Si](=O)[Si](=O)[Si](=O)[Si](=O)[Si](=O)[Si](=O)[Si](=O)[Si](=O)[Si]O[Si](C)(C)C. The maximum Gasteiger partial charge on any atom is 0.381 e. The van der Waals surface area contributed by atoms with Crippen LogP contribution in [-0.4, -0.2) is 383 Å². The summed E-state index contributed by atoms with van der Waals surface area (Å²) in [6.45, 7) is 13.3. The van der Waals surface area contributed by atoms with Crippen molar-refractivity contribution in [3.05, 3.63) is 0 Å². The summed E-state index contributed by atoms with van der Waals surface area (Å²) in [6.07, 6.45) is 0. The summed E-state index contributed by atoms with van der Waals surface area (Å²) < 4.78 is 568. The Morgan fingerprint density at radius 2 is 0.356 bits per heavy atom. The van der Waals surface area contributed by atoms with Gasteiger partial charge >= 0.3 is 332 Å². The molecule has 95 heteroatoms. The van der Waals surface area contributed by atoms with Crippen molar-refractivity contribution in [3.8, 4) is 0 Å². The van der Waals surface area contributed by atoms with Gasteiger partial charge in [0.25, 0.3) is 18.6 Å². The average molecular weight is 2250 g/mol. The standard InChI is InChI=1S/C9H28O46Si49/c1-58(61(12)64(15)67(18)70(21)73(24)76(27)79(30)82(33)85(36)88(39)87(38)84(35)81(32)78(29)75(26)72(23)69(20)66(17)63(14)60(11)57-54-102(2,3)4)53-56-59(10)62(13)65(16)68(19)71(22)74(25)77(28)80(31)83(34)86(37)89(40)90(41)91(42)92(43)93(44)94(45)95(46)96(47)97(48)98(49)99(50)100(51)101(52)104(8,9)55-103(5,6)7/h58H,1-9H3. The first-order valence-corrected chi connectivity index (χ1v) is 145. The van der Waals surface area contributed by atoms with Crippen molar-refractivity contribution in [3.63, 3.8) is 0 Å². The molecule has 536 valence electrons. The zero-order valence-electron chi connectivity index (χ0n) is 52.4. The molecule has 0 aliphatic rings. The van der Waals surface area contributed by atoms with Crippen molar-refractivity contribution < 1.29 is 204 Å². The van der Waals surface area contributed by atoms with Gasteiger partial charge in [-0.2, -0.15) is 0 Å². The van der Waals surface area contributed by atoms with Crippen LogP contribution in [0.5, 0.6) is 0 Å². The highest BCUT2D eigenvalue weighted by Gasteiger charge is 2.60. The topological polar surface area (TPSA) is 762 Å². The molecule has 0 heterocycles. The van der Waals surface area contributed by atoms with Gasteiger partial charge in [-0.3, -0.25) is 0 Å². The van der Waals surface area contributed by atoms with Crippen LogP contribution in [0.4, 0.5) is 0 Å². The third-order valence-corrected chi connectivity index (χ3v) is 372. The number of hydrogen-bond donors (Lipinski definition) is 0. The highest BCUT2D eigenvalue weighted by Crippen LogP contribution is 2.14. The van der Waals surface area contributed by atoms with Gasteiger partial charge in [0.05, 0.1) is 0 Å². The van der Waals surface area contributed by atoms with E-state index in [0.29, 0.717) is 0 Å². The fourth-order valence-electron chi connectivity index (χ4n) is 5.79. The molecule has 0 aliphatic heterocycles. The van der Waals surface area contributed by atoms with Crippen LogP contribution in [0.1, 0.15) is 0 Å². The van der Waals surface area contributed by atoms with Crippen molar-refractivity contribution in [1.82, 2.24) is 0 Å². The molecular formula is C9H28O46Si49. The third-order valence-electron chi connectivity index (χ3n) is 10.7. The molecule has 0 spiro atoms. The van der Waals surface area contributed by atoms with Gasteiger partial charge < -0.3 is 204 Å². The molecular weight excluding hydrogens is 2220 g/mol. The predicted molar refractivity (Wildman–Crippen MR) is 369 cm³/mol. The minimum absolute atomic E-state index is 0.817. The largest absolute Gasteiger partial charge is 0.454 e. The molecule has 0 saturated carbocycles. The summed E-state index contributed by atoms with van der Waals surface area (Å²) in [6, 6.07) is 0. The Balaban J connectivity index is 5.85. The quantitative estimate of drug-likeness (QED) is 0.0510. The van der Waals surface area contributed by atoms with E-state index in [0.717, 1.165) is 6.55 Å². The van der Waals surface area contributed by atoms with Crippen LogP contribution in [-0.2, 0) is 204 Å². The summed E-state index contributed by atoms with van der Waals surface area (Å²) in [5.41, 5.74) is 0. The summed E-state index contributed by atoms with van der Waals surface area (Å²) in [5.74, 6) is 0. The van der Waals surface area contributed by atoms with Crippen LogP contribution in [0, 0.1) is 0 Å². The van der Waals surface area contributed by atoms with Crippen molar-refractivity contribution in [2.24, 2.45) is 0 Å². The predicted octanol–water partition coefficient (Wildman–Crippen LogP) is -19.0. The molecule has 0 bridgehead atoms. The molecule has 4 radical (unpaired) electrons. The lowest BCUT2D eigenvalue weighted by molar-refractivity contribution is 0.530. The Labute approximate surface area is 638 Å². The Morgan fingerprint density at radius 3 is 0.529 bits per heavy atom. The van der Waals surface area contributed by atoms with E-state index < -0.39 is 383 Å². The van der Waals surface area contributed by atoms with Crippen LogP contribution in [0.25, 0.3) is 0 Å². The molecule has 0 aromatic carbocycles. The first kappa shape index (κ1) is 106. The first-order valence-electron chi connectivity index (χ1n) is 25.9. The molecule has 0 N–H and O–H groups in total. The second-order valence-electron chi connectivity index (χ2n) is 21.1. The van der Waals surface area contributed by atoms with Gasteiger partial charge in [0.1, 0.15) is 0 Å². The van der Waals surface area contributed by atoms with E-state index in [1.165, 1.54) is 13.1 Å². The van der Waals surface area contributed by atoms with E-state index >= 15 is 0 Å². The third kappa shape index (κ3) is 29.6. The fourth-order valence-corrected chi connectivity index (χ4v) is 541. The van der Waals surface area contributed by atoms with Crippen LogP contribution in [0.15, 0.2) is 0 Å². The Kier molecular flexibility index (Phi) is 46.8. The summed E-state index contributed by atoms with van der Waals surface area (Å²) in [4.78, 5) is 0. The maximum atomic E-state index is 13.1. The average Bonchev–Trinajstić information content (AvgIpc) is 0.826. The van der Waals surface area contributed by atoms with Crippen molar-refractivity contribution in [1.29, 1.82) is 0 Å². The minimum Gasteiger partial charge on any atom is -0.454 e. The highest BCUT2D eigenvalue weighted by atomic mass is 30.1. The summed E-state index contributed by atoms with van der Waals surface area (Å²) in [5, 5.41) is 0. The molecule has 0 saturated heterocycles. The van der Waals surface area contributed by atoms with Crippen molar-refractivity contribution in [2.75, 3.05) is 0 Å². The maximum absolute atomic E-state index is 13.1. The van der Waals surface area contributed by atoms with Crippen LogP contribution < -0.4 is 0 Å². The molecule has 0 fully saturated rings. The second-order valence-corrected chi connectivity index (χ2v) is 255. The molecule has 0 amide bonds. The van der Waals surface area contributed by atoms with E-state index in [-0.39, 0.29) is 0 Å². The van der Waals surface area contributed by atoms with Gasteiger partial charge in [-0.1, -0.05) is 0 Å². The number of rotatable bonds is 51. The molecule has 0 aliphatic carbocycles. The normalized spacial score (nSPS) is 11.0. The molecule has 0 aromatic heterocycles. The van der Waals surface area contributed by atoms with Gasteiger partial charge in [0.2, 0.25) is 16.4 Å². The molecule has 0 aromatic rings. The lowest BCUT2D eigenvalue weighted by Gasteiger charge is -2.28. The van der Waals surface area contributed by atoms with E-state index in [1.54, 1.807) is 39.3 Å². The van der Waals surface area contributed by atoms with Gasteiger partial charge in [-0.15, -0.1) is 0 Å². The van der Waals surface area contributed by atoms with Gasteiger partial charge in [-0.25, -0.2) is 0 Å². The van der Waals surface area contributed by atoms with Crippen molar-refractivity contribution >= 4 is 383 Å². The molecule has 46 nitrogen and oxygen atoms in total. The molecule has 0 rings (SSSR count).